The van der Waals surface area contributed by atoms with Crippen molar-refractivity contribution in [1.29, 1.82) is 0 Å². The van der Waals surface area contributed by atoms with Crippen LogP contribution in [-0.2, 0) is 4.74 Å². The molecule has 0 spiro atoms. The van der Waals surface area contributed by atoms with E-state index in [9.17, 15) is 9.18 Å². The van der Waals surface area contributed by atoms with Crippen molar-refractivity contribution in [2.45, 2.75) is 37.5 Å². The van der Waals surface area contributed by atoms with Gasteiger partial charge in [-0.25, -0.2) is 4.39 Å². The van der Waals surface area contributed by atoms with Gasteiger partial charge in [-0.2, -0.15) is 0 Å². The van der Waals surface area contributed by atoms with E-state index in [-0.39, 0.29) is 23.7 Å². The van der Waals surface area contributed by atoms with E-state index in [4.69, 9.17) is 10.5 Å². The van der Waals surface area contributed by atoms with E-state index >= 15 is 0 Å². The Morgan fingerprint density at radius 3 is 2.89 bits per heavy atom. The monoisotopic (exact) mass is 250 g/mol. The quantitative estimate of drug-likeness (QED) is 0.781. The van der Waals surface area contributed by atoms with E-state index in [0.29, 0.717) is 11.7 Å². The first-order chi connectivity index (χ1) is 8.63. The molecule has 0 aromatic heterocycles. The van der Waals surface area contributed by atoms with Crippen molar-refractivity contribution < 1.29 is 13.9 Å². The molecule has 2 fully saturated rings. The number of ether oxygens (including phenoxy) is 1. The Hall–Kier alpha value is -1.62. The van der Waals surface area contributed by atoms with Gasteiger partial charge in [-0.05, 0) is 37.5 Å². The fourth-order valence-electron chi connectivity index (χ4n) is 2.73. The van der Waals surface area contributed by atoms with Crippen molar-refractivity contribution in [3.63, 3.8) is 0 Å². The van der Waals surface area contributed by atoms with Crippen LogP contribution in [0.5, 0.6) is 0 Å². The largest absolute Gasteiger partial charge is 0.396 e. The molecule has 1 amide bonds. The second kappa shape index (κ2) is 4.24. The smallest absolute Gasteiger partial charge is 0.251 e. The molecule has 5 heteroatoms. The number of benzene rings is 1. The number of nitrogens with one attached hydrogen (secondary N) is 1. The molecule has 0 saturated carbocycles. The number of halogens is 1. The van der Waals surface area contributed by atoms with Crippen molar-refractivity contribution in [1.82, 2.24) is 5.32 Å². The van der Waals surface area contributed by atoms with E-state index in [1.54, 1.807) is 0 Å². The molecule has 0 radical (unpaired) electrons. The summed E-state index contributed by atoms with van der Waals surface area (Å²) in [6, 6.07) is 4.08. The Labute approximate surface area is 104 Å². The lowest BCUT2D eigenvalue weighted by atomic mass is 9.95. The number of nitrogen functional groups attached to an aromatic ring is 1. The first-order valence-electron chi connectivity index (χ1n) is 6.15. The Morgan fingerprint density at radius 2 is 2.28 bits per heavy atom. The van der Waals surface area contributed by atoms with Crippen molar-refractivity contribution >= 4 is 11.6 Å². The van der Waals surface area contributed by atoms with Crippen molar-refractivity contribution in [2.24, 2.45) is 0 Å². The SMILES string of the molecule is Nc1cc(C(=O)NC2CC3CCC2O3)ccc1F. The average Bonchev–Trinajstić information content (AvgIpc) is 2.94. The van der Waals surface area contributed by atoms with Gasteiger partial charge in [0.05, 0.1) is 23.9 Å². The molecule has 2 saturated heterocycles. The lowest BCUT2D eigenvalue weighted by Crippen LogP contribution is -2.41. The minimum Gasteiger partial charge on any atom is -0.396 e. The van der Waals surface area contributed by atoms with Crippen molar-refractivity contribution in [3.05, 3.63) is 29.6 Å². The molecule has 2 bridgehead atoms. The van der Waals surface area contributed by atoms with Gasteiger partial charge in [0.1, 0.15) is 5.82 Å². The molecule has 1 aromatic carbocycles. The molecular formula is C13H15FN2O2. The highest BCUT2D eigenvalue weighted by molar-refractivity contribution is 5.95. The van der Waals surface area contributed by atoms with Crippen LogP contribution in [-0.4, -0.2) is 24.2 Å². The van der Waals surface area contributed by atoms with Crippen LogP contribution in [0.15, 0.2) is 18.2 Å². The number of nitrogens with two attached hydrogens (primary N) is 1. The van der Waals surface area contributed by atoms with Crippen molar-refractivity contribution in [2.75, 3.05) is 5.73 Å². The van der Waals surface area contributed by atoms with Gasteiger partial charge in [0, 0.05) is 5.56 Å². The number of hydrogen-bond donors (Lipinski definition) is 2. The number of hydrogen-bond acceptors (Lipinski definition) is 3. The standard InChI is InChI=1S/C13H15FN2O2/c14-9-3-1-7(5-10(9)15)13(17)16-11-6-8-2-4-12(11)18-8/h1,3,5,8,11-12H,2,4,6,15H2,(H,16,17). The molecule has 2 aliphatic heterocycles. The summed E-state index contributed by atoms with van der Waals surface area (Å²) < 4.78 is 18.7. The van der Waals surface area contributed by atoms with Crippen molar-refractivity contribution in [3.8, 4) is 0 Å². The summed E-state index contributed by atoms with van der Waals surface area (Å²) in [5.74, 6) is -0.724. The highest BCUT2D eigenvalue weighted by Gasteiger charge is 2.41. The van der Waals surface area contributed by atoms with Crippen LogP contribution in [0.25, 0.3) is 0 Å². The first kappa shape index (κ1) is 11.5. The molecule has 3 N–H and O–H groups in total. The normalized spacial score (nSPS) is 29.5. The summed E-state index contributed by atoms with van der Waals surface area (Å²) in [5, 5.41) is 2.93. The van der Waals surface area contributed by atoms with E-state index in [1.165, 1.54) is 18.2 Å². The third-order valence-corrected chi connectivity index (χ3v) is 3.68. The summed E-state index contributed by atoms with van der Waals surface area (Å²) in [6.07, 6.45) is 3.38. The topological polar surface area (TPSA) is 64.4 Å². The van der Waals surface area contributed by atoms with E-state index < -0.39 is 5.82 Å². The highest BCUT2D eigenvalue weighted by atomic mass is 19.1. The molecule has 18 heavy (non-hydrogen) atoms. The molecule has 2 heterocycles. The first-order valence-corrected chi connectivity index (χ1v) is 6.15. The molecule has 3 rings (SSSR count). The predicted molar refractivity (Wildman–Crippen MR) is 64.6 cm³/mol. The van der Waals surface area contributed by atoms with Gasteiger partial charge in [-0.3, -0.25) is 4.79 Å². The molecule has 3 atom stereocenters. The third-order valence-electron chi connectivity index (χ3n) is 3.68. The van der Waals surface area contributed by atoms with Crippen LogP contribution in [0, 0.1) is 5.82 Å². The van der Waals surface area contributed by atoms with Gasteiger partial charge in [-0.15, -0.1) is 0 Å². The van der Waals surface area contributed by atoms with Gasteiger partial charge in [0.2, 0.25) is 0 Å². The van der Waals surface area contributed by atoms with Crippen LogP contribution in [0.4, 0.5) is 10.1 Å². The van der Waals surface area contributed by atoms with Gasteiger partial charge >= 0.3 is 0 Å². The average molecular weight is 250 g/mol. The zero-order valence-corrected chi connectivity index (χ0v) is 9.86. The summed E-state index contributed by atoms with van der Waals surface area (Å²) in [6.45, 7) is 0. The Kier molecular flexibility index (Phi) is 2.70. The maximum Gasteiger partial charge on any atom is 0.251 e. The second-order valence-corrected chi connectivity index (χ2v) is 4.93. The summed E-state index contributed by atoms with van der Waals surface area (Å²) in [5.41, 5.74) is 5.83. The fraction of sp³-hybridized carbons (Fsp3) is 0.462. The van der Waals surface area contributed by atoms with Crippen LogP contribution >= 0.6 is 0 Å². The fourth-order valence-corrected chi connectivity index (χ4v) is 2.73. The zero-order valence-electron chi connectivity index (χ0n) is 9.86. The van der Waals surface area contributed by atoms with E-state index in [0.717, 1.165) is 19.3 Å². The van der Waals surface area contributed by atoms with Gasteiger partial charge in [0.25, 0.3) is 5.91 Å². The maximum atomic E-state index is 13.0. The molecule has 1 aromatic rings. The molecular weight excluding hydrogens is 235 g/mol. The lowest BCUT2D eigenvalue weighted by Gasteiger charge is -2.20. The van der Waals surface area contributed by atoms with Crippen LogP contribution < -0.4 is 11.1 Å². The third kappa shape index (κ3) is 1.95. The molecule has 96 valence electrons. The van der Waals surface area contributed by atoms with E-state index in [1.807, 2.05) is 0 Å². The number of rotatable bonds is 2. The highest BCUT2D eigenvalue weighted by Crippen LogP contribution is 2.34. The summed E-state index contributed by atoms with van der Waals surface area (Å²) >= 11 is 0. The number of carbonyl (C=O) groups is 1. The molecule has 4 nitrogen and oxygen atoms in total. The number of amides is 1. The van der Waals surface area contributed by atoms with Crippen LogP contribution in [0.1, 0.15) is 29.6 Å². The van der Waals surface area contributed by atoms with Gasteiger partial charge in [-0.1, -0.05) is 0 Å². The molecule has 2 aliphatic rings. The van der Waals surface area contributed by atoms with Crippen LogP contribution in [0.3, 0.4) is 0 Å². The maximum absolute atomic E-state index is 13.0. The lowest BCUT2D eigenvalue weighted by molar-refractivity contribution is 0.0841. The number of anilines is 1. The van der Waals surface area contributed by atoms with Crippen LogP contribution in [0.2, 0.25) is 0 Å². The molecule has 3 unspecified atom stereocenters. The minimum absolute atomic E-state index is 0.00755. The molecule has 0 aliphatic carbocycles. The number of fused-ring (bicyclic) bond motifs is 2. The number of carbonyl (C=O) groups excluding carboxylic acids is 1. The zero-order chi connectivity index (χ0) is 12.7. The van der Waals surface area contributed by atoms with Gasteiger partial charge in [0.15, 0.2) is 0 Å². The summed E-state index contributed by atoms with van der Waals surface area (Å²) in [4.78, 5) is 12.0. The van der Waals surface area contributed by atoms with Gasteiger partial charge < -0.3 is 15.8 Å². The minimum atomic E-state index is -0.505. The Balaban J connectivity index is 1.69. The summed E-state index contributed by atoms with van der Waals surface area (Å²) in [7, 11) is 0. The Bertz CT molecular complexity index is 492. The van der Waals surface area contributed by atoms with E-state index in [2.05, 4.69) is 5.32 Å². The second-order valence-electron chi connectivity index (χ2n) is 4.93. The predicted octanol–water partition coefficient (Wildman–Crippen LogP) is 1.46. The Morgan fingerprint density at radius 1 is 1.44 bits per heavy atom.